The Balaban J connectivity index is 2.37. The molecule has 82 valence electrons. The molecule has 1 aliphatic rings. The lowest BCUT2D eigenvalue weighted by Crippen LogP contribution is -2.34. The Kier molecular flexibility index (Phi) is 4.43. The summed E-state index contributed by atoms with van der Waals surface area (Å²) >= 11 is 0. The first-order chi connectivity index (χ1) is 6.69. The molecule has 1 rings (SSSR count). The standard InChI is InChI=1S/C12H23NO/c1-4-10-6-8-11(9-7-10)12(14)13(3)5-2/h10-11H,4-9H2,1-3H3. The van der Waals surface area contributed by atoms with Crippen LogP contribution in [0.5, 0.6) is 0 Å². The third-order valence-electron chi connectivity index (χ3n) is 3.62. The summed E-state index contributed by atoms with van der Waals surface area (Å²) in [5.41, 5.74) is 0. The van der Waals surface area contributed by atoms with Crippen LogP contribution in [0.4, 0.5) is 0 Å². The van der Waals surface area contributed by atoms with Crippen LogP contribution in [-0.2, 0) is 4.79 Å². The van der Waals surface area contributed by atoms with Gasteiger partial charge >= 0.3 is 0 Å². The smallest absolute Gasteiger partial charge is 0.225 e. The molecule has 14 heavy (non-hydrogen) atoms. The molecule has 0 aliphatic heterocycles. The summed E-state index contributed by atoms with van der Waals surface area (Å²) < 4.78 is 0. The van der Waals surface area contributed by atoms with Gasteiger partial charge in [-0.3, -0.25) is 4.79 Å². The SMILES string of the molecule is CCC1CCC(C(=O)N(C)CC)CC1. The van der Waals surface area contributed by atoms with Crippen molar-refractivity contribution in [2.45, 2.75) is 46.0 Å². The van der Waals surface area contributed by atoms with Crippen LogP contribution in [0.25, 0.3) is 0 Å². The molecule has 2 heteroatoms. The van der Waals surface area contributed by atoms with Gasteiger partial charge in [0, 0.05) is 19.5 Å². The van der Waals surface area contributed by atoms with Gasteiger partial charge in [0.1, 0.15) is 0 Å². The largest absolute Gasteiger partial charge is 0.346 e. The van der Waals surface area contributed by atoms with Gasteiger partial charge in [-0.1, -0.05) is 13.3 Å². The van der Waals surface area contributed by atoms with Crippen LogP contribution in [-0.4, -0.2) is 24.4 Å². The van der Waals surface area contributed by atoms with Crippen molar-refractivity contribution in [3.63, 3.8) is 0 Å². The minimum absolute atomic E-state index is 0.322. The van der Waals surface area contributed by atoms with Crippen molar-refractivity contribution in [3.8, 4) is 0 Å². The highest BCUT2D eigenvalue weighted by atomic mass is 16.2. The van der Waals surface area contributed by atoms with Crippen LogP contribution in [0.15, 0.2) is 0 Å². The number of rotatable bonds is 3. The molecule has 0 spiro atoms. The number of hydrogen-bond donors (Lipinski definition) is 0. The second-order valence-corrected chi connectivity index (χ2v) is 4.48. The van der Waals surface area contributed by atoms with Gasteiger partial charge in [-0.15, -0.1) is 0 Å². The molecule has 0 unspecified atom stereocenters. The fraction of sp³-hybridized carbons (Fsp3) is 0.917. The maximum Gasteiger partial charge on any atom is 0.225 e. The molecule has 1 saturated carbocycles. The number of hydrogen-bond acceptors (Lipinski definition) is 1. The van der Waals surface area contributed by atoms with Gasteiger partial charge in [0.25, 0.3) is 0 Å². The van der Waals surface area contributed by atoms with Gasteiger partial charge in [-0.25, -0.2) is 0 Å². The van der Waals surface area contributed by atoms with Crippen molar-refractivity contribution in [1.29, 1.82) is 0 Å². The van der Waals surface area contributed by atoms with E-state index >= 15 is 0 Å². The molecule has 1 aliphatic carbocycles. The molecule has 0 saturated heterocycles. The van der Waals surface area contributed by atoms with Gasteiger partial charge in [-0.05, 0) is 38.5 Å². The molecule has 0 heterocycles. The first-order valence-corrected chi connectivity index (χ1v) is 5.94. The summed E-state index contributed by atoms with van der Waals surface area (Å²) in [7, 11) is 1.91. The zero-order valence-corrected chi connectivity index (χ0v) is 9.75. The van der Waals surface area contributed by atoms with Crippen molar-refractivity contribution in [2.24, 2.45) is 11.8 Å². The Morgan fingerprint density at radius 3 is 2.21 bits per heavy atom. The maximum atomic E-state index is 11.9. The average molecular weight is 197 g/mol. The van der Waals surface area contributed by atoms with Crippen LogP contribution in [0.2, 0.25) is 0 Å². The fourth-order valence-electron chi connectivity index (χ4n) is 2.29. The van der Waals surface area contributed by atoms with E-state index in [2.05, 4.69) is 6.92 Å². The highest BCUT2D eigenvalue weighted by molar-refractivity contribution is 5.78. The van der Waals surface area contributed by atoms with Crippen LogP contribution >= 0.6 is 0 Å². The van der Waals surface area contributed by atoms with E-state index in [0.717, 1.165) is 25.3 Å². The highest BCUT2D eigenvalue weighted by Gasteiger charge is 2.26. The normalized spacial score (nSPS) is 27.4. The van der Waals surface area contributed by atoms with Crippen LogP contribution in [0.3, 0.4) is 0 Å². The third kappa shape index (κ3) is 2.73. The van der Waals surface area contributed by atoms with Crippen molar-refractivity contribution >= 4 is 5.91 Å². The number of carbonyl (C=O) groups excluding carboxylic acids is 1. The van der Waals surface area contributed by atoms with Gasteiger partial charge in [0.15, 0.2) is 0 Å². The predicted molar refractivity (Wildman–Crippen MR) is 59.1 cm³/mol. The van der Waals surface area contributed by atoms with Crippen molar-refractivity contribution < 1.29 is 4.79 Å². The lowest BCUT2D eigenvalue weighted by molar-refractivity contribution is -0.135. The summed E-state index contributed by atoms with van der Waals surface area (Å²) in [4.78, 5) is 13.7. The predicted octanol–water partition coefficient (Wildman–Crippen LogP) is 2.68. The molecule has 0 aromatic rings. The number of amides is 1. The fourth-order valence-corrected chi connectivity index (χ4v) is 2.29. The van der Waals surface area contributed by atoms with Crippen molar-refractivity contribution in [1.82, 2.24) is 4.90 Å². The van der Waals surface area contributed by atoms with E-state index in [4.69, 9.17) is 0 Å². The summed E-state index contributed by atoms with van der Waals surface area (Å²) in [5.74, 6) is 1.57. The van der Waals surface area contributed by atoms with E-state index < -0.39 is 0 Å². The van der Waals surface area contributed by atoms with Crippen molar-refractivity contribution in [3.05, 3.63) is 0 Å². The Hall–Kier alpha value is -0.530. The quantitative estimate of drug-likeness (QED) is 0.681. The zero-order valence-electron chi connectivity index (χ0n) is 9.75. The second-order valence-electron chi connectivity index (χ2n) is 4.48. The molecular weight excluding hydrogens is 174 g/mol. The van der Waals surface area contributed by atoms with Gasteiger partial charge in [0.2, 0.25) is 5.91 Å². The minimum atomic E-state index is 0.322. The van der Waals surface area contributed by atoms with Crippen LogP contribution in [0, 0.1) is 11.8 Å². The Labute approximate surface area is 87.7 Å². The van der Waals surface area contributed by atoms with E-state index in [1.165, 1.54) is 19.3 Å². The van der Waals surface area contributed by atoms with Gasteiger partial charge in [-0.2, -0.15) is 0 Å². The van der Waals surface area contributed by atoms with E-state index in [0.29, 0.717) is 11.8 Å². The third-order valence-corrected chi connectivity index (χ3v) is 3.62. The molecule has 1 amide bonds. The summed E-state index contributed by atoms with van der Waals surface area (Å²) in [6, 6.07) is 0. The van der Waals surface area contributed by atoms with E-state index in [9.17, 15) is 4.79 Å². The van der Waals surface area contributed by atoms with Crippen LogP contribution in [0.1, 0.15) is 46.0 Å². The average Bonchev–Trinajstić information content (AvgIpc) is 2.27. The highest BCUT2D eigenvalue weighted by Crippen LogP contribution is 2.31. The topological polar surface area (TPSA) is 20.3 Å². The molecule has 0 radical (unpaired) electrons. The summed E-state index contributed by atoms with van der Waals surface area (Å²) in [5, 5.41) is 0. The second kappa shape index (κ2) is 5.38. The molecule has 0 aromatic heterocycles. The first-order valence-electron chi connectivity index (χ1n) is 5.94. The lowest BCUT2D eigenvalue weighted by atomic mass is 9.80. The molecule has 1 fully saturated rings. The maximum absolute atomic E-state index is 11.9. The minimum Gasteiger partial charge on any atom is -0.346 e. The Bertz CT molecular complexity index is 183. The van der Waals surface area contributed by atoms with E-state index in [-0.39, 0.29) is 0 Å². The molecule has 0 N–H and O–H groups in total. The summed E-state index contributed by atoms with van der Waals surface area (Å²) in [6.45, 7) is 5.13. The molecule has 0 aromatic carbocycles. The number of nitrogens with zero attached hydrogens (tertiary/aromatic N) is 1. The van der Waals surface area contributed by atoms with Crippen LogP contribution < -0.4 is 0 Å². The molecule has 0 bridgehead atoms. The molecule has 0 atom stereocenters. The Morgan fingerprint density at radius 2 is 1.79 bits per heavy atom. The van der Waals surface area contributed by atoms with E-state index in [1.54, 1.807) is 0 Å². The lowest BCUT2D eigenvalue weighted by Gasteiger charge is -2.29. The summed E-state index contributed by atoms with van der Waals surface area (Å²) in [6.07, 6.45) is 6.02. The van der Waals surface area contributed by atoms with Crippen molar-refractivity contribution in [2.75, 3.05) is 13.6 Å². The molecular formula is C12H23NO. The van der Waals surface area contributed by atoms with Gasteiger partial charge < -0.3 is 4.90 Å². The first kappa shape index (κ1) is 11.5. The molecule has 2 nitrogen and oxygen atoms in total. The Morgan fingerprint density at radius 1 is 1.21 bits per heavy atom. The zero-order chi connectivity index (χ0) is 10.6. The van der Waals surface area contributed by atoms with Gasteiger partial charge in [0.05, 0.1) is 0 Å². The van der Waals surface area contributed by atoms with E-state index in [1.807, 2.05) is 18.9 Å². The monoisotopic (exact) mass is 197 g/mol. The number of carbonyl (C=O) groups is 1.